The maximum atomic E-state index is 12.4. The minimum absolute atomic E-state index is 0.0386. The van der Waals surface area contributed by atoms with Crippen molar-refractivity contribution in [3.05, 3.63) is 17.7 Å². The maximum Gasteiger partial charge on any atom is 0.335 e. The summed E-state index contributed by atoms with van der Waals surface area (Å²) in [5, 5.41) is 11.8. The molecule has 138 valence electrons. The van der Waals surface area contributed by atoms with Gasteiger partial charge in [0, 0.05) is 12.7 Å². The summed E-state index contributed by atoms with van der Waals surface area (Å²) in [6.07, 6.45) is 2.53. The summed E-state index contributed by atoms with van der Waals surface area (Å²) in [5.74, 6) is -1.23. The van der Waals surface area contributed by atoms with E-state index in [0.29, 0.717) is 12.8 Å². The van der Waals surface area contributed by atoms with Crippen LogP contribution in [0.5, 0.6) is 11.5 Å². The van der Waals surface area contributed by atoms with Gasteiger partial charge < -0.3 is 19.9 Å². The van der Waals surface area contributed by atoms with E-state index in [1.54, 1.807) is 0 Å². The van der Waals surface area contributed by atoms with Crippen molar-refractivity contribution in [3.63, 3.8) is 0 Å². The van der Waals surface area contributed by atoms with Crippen LogP contribution in [0.2, 0.25) is 0 Å². The van der Waals surface area contributed by atoms with Crippen LogP contribution < -0.4 is 14.8 Å². The predicted octanol–water partition coefficient (Wildman–Crippen LogP) is 1.56. The highest BCUT2D eigenvalue weighted by atomic mass is 32.2. The predicted molar refractivity (Wildman–Crippen MR) is 91.1 cm³/mol. The Balaban J connectivity index is 2.22. The number of ether oxygens (including phenoxy) is 2. The number of carboxylic acids is 1. The van der Waals surface area contributed by atoms with Crippen LogP contribution in [0.3, 0.4) is 0 Å². The highest BCUT2D eigenvalue weighted by molar-refractivity contribution is 7.90. The van der Waals surface area contributed by atoms with Crippen molar-refractivity contribution in [1.82, 2.24) is 0 Å². The van der Waals surface area contributed by atoms with Gasteiger partial charge in [0.25, 0.3) is 0 Å². The lowest BCUT2D eigenvalue weighted by atomic mass is 10.0. The number of carboxylic acid groups (broad SMARTS) is 1. The van der Waals surface area contributed by atoms with Crippen LogP contribution in [0.15, 0.2) is 12.1 Å². The molecule has 0 radical (unpaired) electrons. The molecular formula is C16H21NO7S. The first kappa shape index (κ1) is 19.0. The lowest BCUT2D eigenvalue weighted by molar-refractivity contribution is -0.117. The Kier molecular flexibility index (Phi) is 5.26. The summed E-state index contributed by atoms with van der Waals surface area (Å²) in [7, 11) is -0.445. The molecule has 0 unspecified atom stereocenters. The lowest BCUT2D eigenvalue weighted by Crippen LogP contribution is -2.23. The van der Waals surface area contributed by atoms with E-state index in [4.69, 9.17) is 9.47 Å². The molecule has 0 atom stereocenters. The van der Waals surface area contributed by atoms with E-state index in [9.17, 15) is 23.1 Å². The van der Waals surface area contributed by atoms with Crippen LogP contribution in [0.1, 0.15) is 29.6 Å². The number of hydrogen-bond acceptors (Lipinski definition) is 6. The van der Waals surface area contributed by atoms with Gasteiger partial charge in [-0.1, -0.05) is 0 Å². The SMILES string of the molecule is COc1cc(C(=O)O)cc(NC(=O)CC2(CS(C)(=O)=O)CC2)c1OC. The highest BCUT2D eigenvalue weighted by Crippen LogP contribution is 2.50. The second-order valence-electron chi connectivity index (χ2n) is 6.36. The van der Waals surface area contributed by atoms with E-state index in [-0.39, 0.29) is 34.9 Å². The normalized spacial score (nSPS) is 15.3. The summed E-state index contributed by atoms with van der Waals surface area (Å²) in [4.78, 5) is 23.6. The molecule has 1 fully saturated rings. The monoisotopic (exact) mass is 371 g/mol. The molecule has 0 aromatic heterocycles. The first-order valence-corrected chi connectivity index (χ1v) is 9.62. The Morgan fingerprint density at radius 2 is 1.88 bits per heavy atom. The zero-order valence-corrected chi connectivity index (χ0v) is 15.1. The maximum absolute atomic E-state index is 12.4. The summed E-state index contributed by atoms with van der Waals surface area (Å²) < 4.78 is 33.3. The molecule has 9 heteroatoms. The van der Waals surface area contributed by atoms with E-state index >= 15 is 0 Å². The second-order valence-corrected chi connectivity index (χ2v) is 8.50. The summed E-state index contributed by atoms with van der Waals surface area (Å²) in [6, 6.07) is 2.57. The molecule has 1 amide bonds. The minimum atomic E-state index is -3.18. The fourth-order valence-electron chi connectivity index (χ4n) is 2.82. The number of amides is 1. The summed E-state index contributed by atoms with van der Waals surface area (Å²) >= 11 is 0. The third-order valence-electron chi connectivity index (χ3n) is 4.06. The molecule has 1 aromatic rings. The minimum Gasteiger partial charge on any atom is -0.493 e. The highest BCUT2D eigenvalue weighted by Gasteiger charge is 2.46. The molecule has 0 saturated heterocycles. The number of sulfone groups is 1. The van der Waals surface area contributed by atoms with E-state index in [1.807, 2.05) is 0 Å². The van der Waals surface area contributed by atoms with Crippen molar-refractivity contribution in [2.45, 2.75) is 19.3 Å². The fraction of sp³-hybridized carbons (Fsp3) is 0.500. The van der Waals surface area contributed by atoms with Gasteiger partial charge in [-0.25, -0.2) is 13.2 Å². The quantitative estimate of drug-likeness (QED) is 0.711. The van der Waals surface area contributed by atoms with Gasteiger partial charge >= 0.3 is 5.97 Å². The van der Waals surface area contributed by atoms with Gasteiger partial charge in [0.1, 0.15) is 9.84 Å². The zero-order valence-electron chi connectivity index (χ0n) is 14.3. The molecule has 2 rings (SSSR count). The zero-order chi connectivity index (χ0) is 18.8. The number of hydrogen-bond donors (Lipinski definition) is 2. The number of carbonyl (C=O) groups excluding carboxylic acids is 1. The van der Waals surface area contributed by atoms with Crippen molar-refractivity contribution in [2.24, 2.45) is 5.41 Å². The molecule has 1 aliphatic rings. The van der Waals surface area contributed by atoms with Crippen molar-refractivity contribution >= 4 is 27.4 Å². The molecule has 1 aromatic carbocycles. The fourth-order valence-corrected chi connectivity index (χ4v) is 4.32. The topological polar surface area (TPSA) is 119 Å². The van der Waals surface area contributed by atoms with Gasteiger partial charge in [0.15, 0.2) is 11.5 Å². The number of methoxy groups -OCH3 is 2. The molecule has 1 aliphatic carbocycles. The first-order valence-electron chi connectivity index (χ1n) is 7.56. The molecule has 0 bridgehead atoms. The second kappa shape index (κ2) is 6.91. The number of aromatic carboxylic acids is 1. The molecule has 0 heterocycles. The summed E-state index contributed by atoms with van der Waals surface area (Å²) in [5.41, 5.74) is -0.427. The molecule has 0 spiro atoms. The Hall–Kier alpha value is -2.29. The van der Waals surface area contributed by atoms with Crippen LogP contribution in [-0.2, 0) is 14.6 Å². The van der Waals surface area contributed by atoms with Crippen LogP contribution >= 0.6 is 0 Å². The lowest BCUT2D eigenvalue weighted by Gasteiger charge is -2.17. The third-order valence-corrected chi connectivity index (χ3v) is 5.20. The Bertz CT molecular complexity index is 797. The third kappa shape index (κ3) is 4.85. The first-order chi connectivity index (χ1) is 11.6. The van der Waals surface area contributed by atoms with Crippen LogP contribution in [0, 0.1) is 5.41 Å². The van der Waals surface area contributed by atoms with Crippen molar-refractivity contribution in [1.29, 1.82) is 0 Å². The van der Waals surface area contributed by atoms with Crippen LogP contribution in [0.4, 0.5) is 5.69 Å². The molecule has 0 aliphatic heterocycles. The van der Waals surface area contributed by atoms with Crippen LogP contribution in [0.25, 0.3) is 0 Å². The standard InChI is InChI=1S/C16H21NO7S/c1-23-12-7-10(15(19)20)6-11(14(12)24-2)17-13(18)8-16(4-5-16)9-25(3,21)22/h6-7H,4-5,8-9H2,1-3H3,(H,17,18)(H,19,20). The van der Waals surface area contributed by atoms with Gasteiger partial charge in [0.2, 0.25) is 5.91 Å². The number of nitrogens with one attached hydrogen (secondary N) is 1. The van der Waals surface area contributed by atoms with Gasteiger partial charge in [-0.05, 0) is 30.4 Å². The molecule has 25 heavy (non-hydrogen) atoms. The van der Waals surface area contributed by atoms with Gasteiger partial charge in [-0.15, -0.1) is 0 Å². The van der Waals surface area contributed by atoms with E-state index in [0.717, 1.165) is 6.26 Å². The van der Waals surface area contributed by atoms with Crippen LogP contribution in [-0.4, -0.2) is 51.6 Å². The van der Waals surface area contributed by atoms with Gasteiger partial charge in [0.05, 0.1) is 31.2 Å². The largest absolute Gasteiger partial charge is 0.493 e. The average molecular weight is 371 g/mol. The van der Waals surface area contributed by atoms with Crippen molar-refractivity contribution in [3.8, 4) is 11.5 Å². The smallest absolute Gasteiger partial charge is 0.335 e. The number of carbonyl (C=O) groups is 2. The van der Waals surface area contributed by atoms with Gasteiger partial charge in [-0.2, -0.15) is 0 Å². The van der Waals surface area contributed by atoms with Crippen molar-refractivity contribution in [2.75, 3.05) is 31.5 Å². The van der Waals surface area contributed by atoms with E-state index in [1.165, 1.54) is 26.4 Å². The Labute approximate surface area is 146 Å². The molecular weight excluding hydrogens is 350 g/mol. The summed E-state index contributed by atoms with van der Waals surface area (Å²) in [6.45, 7) is 0. The Morgan fingerprint density at radius 1 is 1.24 bits per heavy atom. The Morgan fingerprint density at radius 3 is 2.32 bits per heavy atom. The number of anilines is 1. The number of benzene rings is 1. The average Bonchev–Trinajstić information content (AvgIpc) is 3.22. The van der Waals surface area contributed by atoms with E-state index in [2.05, 4.69) is 5.32 Å². The number of rotatable bonds is 8. The van der Waals surface area contributed by atoms with Gasteiger partial charge in [-0.3, -0.25) is 4.79 Å². The molecule has 8 nitrogen and oxygen atoms in total. The van der Waals surface area contributed by atoms with E-state index < -0.39 is 27.1 Å². The molecule has 1 saturated carbocycles. The molecule has 2 N–H and O–H groups in total. The van der Waals surface area contributed by atoms with Crippen molar-refractivity contribution < 1.29 is 32.6 Å².